The van der Waals surface area contributed by atoms with E-state index >= 15 is 0 Å². The molecule has 0 heterocycles. The first kappa shape index (κ1) is 20.4. The molecule has 2 rings (SSSR count). The molecular formula is C19H21N3O4S. The number of carbonyl (C=O) groups excluding carboxylic acids is 2. The van der Waals surface area contributed by atoms with E-state index in [0.29, 0.717) is 17.8 Å². The lowest BCUT2D eigenvalue weighted by atomic mass is 10.3. The van der Waals surface area contributed by atoms with E-state index in [2.05, 4.69) is 10.6 Å². The van der Waals surface area contributed by atoms with Gasteiger partial charge in [-0.25, -0.2) is 0 Å². The Morgan fingerprint density at radius 1 is 1.11 bits per heavy atom. The highest BCUT2D eigenvalue weighted by molar-refractivity contribution is 8.00. The third-order valence-electron chi connectivity index (χ3n) is 3.62. The van der Waals surface area contributed by atoms with E-state index in [-0.39, 0.29) is 22.8 Å². The summed E-state index contributed by atoms with van der Waals surface area (Å²) in [5.74, 6) is -0.252. The average Bonchev–Trinajstić information content (AvgIpc) is 2.62. The number of nitro groups is 1. The molecule has 2 aromatic rings. The summed E-state index contributed by atoms with van der Waals surface area (Å²) in [4.78, 5) is 35.1. The van der Waals surface area contributed by atoms with Crippen LogP contribution in [0.3, 0.4) is 0 Å². The van der Waals surface area contributed by atoms with Crippen molar-refractivity contribution in [2.45, 2.75) is 36.8 Å². The highest BCUT2D eigenvalue weighted by Crippen LogP contribution is 2.27. The maximum Gasteiger partial charge on any atom is 0.269 e. The zero-order valence-electron chi connectivity index (χ0n) is 15.1. The predicted octanol–water partition coefficient (Wildman–Crippen LogP) is 4.45. The molecule has 2 N–H and O–H groups in total. The Kier molecular flexibility index (Phi) is 7.36. The molecule has 2 aromatic carbocycles. The summed E-state index contributed by atoms with van der Waals surface area (Å²) in [5.41, 5.74) is 1.16. The van der Waals surface area contributed by atoms with Gasteiger partial charge in [0.25, 0.3) is 5.69 Å². The van der Waals surface area contributed by atoms with Crippen LogP contribution in [0.4, 0.5) is 17.1 Å². The SMILES string of the molecule is CCCC(=O)Nc1cccc(SC(C)C(=O)Nc2ccc([N+](=O)[O-])cc2)c1. The number of carbonyl (C=O) groups is 2. The van der Waals surface area contributed by atoms with Gasteiger partial charge in [0, 0.05) is 34.8 Å². The summed E-state index contributed by atoms with van der Waals surface area (Å²) < 4.78 is 0. The van der Waals surface area contributed by atoms with Gasteiger partial charge in [-0.3, -0.25) is 19.7 Å². The van der Waals surface area contributed by atoms with Gasteiger partial charge in [0.2, 0.25) is 11.8 Å². The maximum absolute atomic E-state index is 12.3. The van der Waals surface area contributed by atoms with Gasteiger partial charge in [-0.2, -0.15) is 0 Å². The van der Waals surface area contributed by atoms with E-state index in [1.165, 1.54) is 36.0 Å². The number of anilines is 2. The van der Waals surface area contributed by atoms with Crippen LogP contribution in [0.2, 0.25) is 0 Å². The molecule has 0 spiro atoms. The van der Waals surface area contributed by atoms with Crippen LogP contribution in [0.15, 0.2) is 53.4 Å². The monoisotopic (exact) mass is 387 g/mol. The number of non-ortho nitro benzene ring substituents is 1. The molecular weight excluding hydrogens is 366 g/mol. The van der Waals surface area contributed by atoms with Gasteiger partial charge in [0.15, 0.2) is 0 Å². The first-order valence-corrected chi connectivity index (χ1v) is 9.39. The number of nitrogens with zero attached hydrogens (tertiary/aromatic N) is 1. The van der Waals surface area contributed by atoms with E-state index in [9.17, 15) is 19.7 Å². The second kappa shape index (κ2) is 9.72. The van der Waals surface area contributed by atoms with Crippen molar-refractivity contribution >= 4 is 40.6 Å². The van der Waals surface area contributed by atoms with Crippen molar-refractivity contribution < 1.29 is 14.5 Å². The van der Waals surface area contributed by atoms with Crippen LogP contribution >= 0.6 is 11.8 Å². The minimum atomic E-state index is -0.490. The van der Waals surface area contributed by atoms with Crippen LogP contribution in [-0.2, 0) is 9.59 Å². The molecule has 0 saturated carbocycles. The Morgan fingerprint density at radius 2 is 1.81 bits per heavy atom. The fraction of sp³-hybridized carbons (Fsp3) is 0.263. The number of amides is 2. The van der Waals surface area contributed by atoms with E-state index in [1.54, 1.807) is 13.0 Å². The molecule has 1 atom stereocenters. The van der Waals surface area contributed by atoms with E-state index in [1.807, 2.05) is 25.1 Å². The molecule has 0 radical (unpaired) electrons. The van der Waals surface area contributed by atoms with Gasteiger partial charge >= 0.3 is 0 Å². The van der Waals surface area contributed by atoms with Crippen molar-refractivity contribution in [2.75, 3.05) is 10.6 Å². The Bertz CT molecular complexity index is 824. The molecule has 142 valence electrons. The number of hydrogen-bond acceptors (Lipinski definition) is 5. The zero-order chi connectivity index (χ0) is 19.8. The van der Waals surface area contributed by atoms with E-state index in [0.717, 1.165) is 11.3 Å². The maximum atomic E-state index is 12.3. The van der Waals surface area contributed by atoms with Gasteiger partial charge < -0.3 is 10.6 Å². The number of benzene rings is 2. The molecule has 0 aliphatic heterocycles. The summed E-state index contributed by atoms with van der Waals surface area (Å²) in [6.07, 6.45) is 1.24. The van der Waals surface area contributed by atoms with Gasteiger partial charge in [-0.1, -0.05) is 13.0 Å². The molecule has 0 bridgehead atoms. The third kappa shape index (κ3) is 6.41. The summed E-state index contributed by atoms with van der Waals surface area (Å²) >= 11 is 1.36. The summed E-state index contributed by atoms with van der Waals surface area (Å²) in [5, 5.41) is 15.8. The average molecular weight is 387 g/mol. The van der Waals surface area contributed by atoms with E-state index in [4.69, 9.17) is 0 Å². The van der Waals surface area contributed by atoms with Gasteiger partial charge in [0.05, 0.1) is 10.2 Å². The van der Waals surface area contributed by atoms with Crippen molar-refractivity contribution in [2.24, 2.45) is 0 Å². The van der Waals surface area contributed by atoms with Crippen molar-refractivity contribution in [3.63, 3.8) is 0 Å². The Labute approximate surface area is 161 Å². The molecule has 0 aliphatic rings. The molecule has 0 fully saturated rings. The van der Waals surface area contributed by atoms with Crippen LogP contribution in [0, 0.1) is 10.1 Å². The van der Waals surface area contributed by atoms with Crippen LogP contribution in [0.5, 0.6) is 0 Å². The number of rotatable bonds is 8. The summed E-state index contributed by atoms with van der Waals surface area (Å²) in [6.45, 7) is 3.71. The van der Waals surface area contributed by atoms with Gasteiger partial charge in [-0.15, -0.1) is 11.8 Å². The normalized spacial score (nSPS) is 11.5. The second-order valence-electron chi connectivity index (χ2n) is 5.88. The highest BCUT2D eigenvalue weighted by Gasteiger charge is 2.15. The topological polar surface area (TPSA) is 101 Å². The largest absolute Gasteiger partial charge is 0.326 e. The van der Waals surface area contributed by atoms with Crippen LogP contribution in [0.1, 0.15) is 26.7 Å². The third-order valence-corrected chi connectivity index (χ3v) is 4.72. The number of hydrogen-bond donors (Lipinski definition) is 2. The van der Waals surface area contributed by atoms with Gasteiger partial charge in [0.1, 0.15) is 0 Å². The summed E-state index contributed by atoms with van der Waals surface area (Å²) in [7, 11) is 0. The molecule has 1 unspecified atom stereocenters. The minimum absolute atomic E-state index is 0.0302. The standard InChI is InChI=1S/C19H21N3O4S/c1-3-5-18(23)20-15-6-4-7-17(12-15)27-13(2)19(24)21-14-8-10-16(11-9-14)22(25)26/h4,6-13H,3,5H2,1-2H3,(H,20,23)(H,21,24). The fourth-order valence-electron chi connectivity index (χ4n) is 2.27. The lowest BCUT2D eigenvalue weighted by molar-refractivity contribution is -0.384. The lowest BCUT2D eigenvalue weighted by Crippen LogP contribution is -2.22. The molecule has 2 amide bonds. The highest BCUT2D eigenvalue weighted by atomic mass is 32.2. The van der Waals surface area contributed by atoms with Crippen molar-refractivity contribution in [3.8, 4) is 0 Å². The Morgan fingerprint density at radius 3 is 2.44 bits per heavy atom. The molecule has 8 heteroatoms. The van der Waals surface area contributed by atoms with Crippen LogP contribution < -0.4 is 10.6 Å². The predicted molar refractivity (Wildman–Crippen MR) is 107 cm³/mol. The molecule has 27 heavy (non-hydrogen) atoms. The molecule has 7 nitrogen and oxygen atoms in total. The summed E-state index contributed by atoms with van der Waals surface area (Å²) in [6, 6.07) is 13.0. The van der Waals surface area contributed by atoms with Crippen LogP contribution in [-0.4, -0.2) is 22.0 Å². The number of nitro benzene ring substituents is 1. The van der Waals surface area contributed by atoms with Crippen LogP contribution in [0.25, 0.3) is 0 Å². The first-order valence-electron chi connectivity index (χ1n) is 8.51. The quantitative estimate of drug-likeness (QED) is 0.396. The second-order valence-corrected chi connectivity index (χ2v) is 7.29. The lowest BCUT2D eigenvalue weighted by Gasteiger charge is -2.13. The van der Waals surface area contributed by atoms with E-state index < -0.39 is 4.92 Å². The number of nitrogens with one attached hydrogen (secondary N) is 2. The zero-order valence-corrected chi connectivity index (χ0v) is 15.9. The molecule has 0 aromatic heterocycles. The smallest absolute Gasteiger partial charge is 0.269 e. The van der Waals surface area contributed by atoms with Crippen molar-refractivity contribution in [1.29, 1.82) is 0 Å². The Balaban J connectivity index is 1.95. The fourth-order valence-corrected chi connectivity index (χ4v) is 3.19. The van der Waals surface area contributed by atoms with Crippen molar-refractivity contribution in [1.82, 2.24) is 0 Å². The Hall–Kier alpha value is -2.87. The number of thioether (sulfide) groups is 1. The van der Waals surface area contributed by atoms with Crippen molar-refractivity contribution in [3.05, 3.63) is 58.6 Å². The van der Waals surface area contributed by atoms with Gasteiger partial charge in [-0.05, 0) is 43.7 Å². The first-order chi connectivity index (χ1) is 12.9. The molecule has 0 aliphatic carbocycles. The molecule has 0 saturated heterocycles. The minimum Gasteiger partial charge on any atom is -0.326 e.